The fourth-order valence-electron chi connectivity index (χ4n) is 4.48. The first-order chi connectivity index (χ1) is 18.2. The molecule has 0 unspecified atom stereocenters. The van der Waals surface area contributed by atoms with Crippen molar-refractivity contribution in [3.63, 3.8) is 0 Å². The lowest BCUT2D eigenvalue weighted by atomic mass is 10.0. The van der Waals surface area contributed by atoms with Gasteiger partial charge in [0.2, 0.25) is 0 Å². The van der Waals surface area contributed by atoms with Gasteiger partial charge in [0.25, 0.3) is 0 Å². The summed E-state index contributed by atoms with van der Waals surface area (Å²) in [5, 5.41) is 1.40. The molecular formula is C36H35F. The lowest BCUT2D eigenvalue weighted by molar-refractivity contribution is 0.632. The number of unbranched alkanes of at least 4 members (excludes halogenated alkanes) is 4. The van der Waals surface area contributed by atoms with Crippen molar-refractivity contribution in [1.29, 1.82) is 0 Å². The zero-order valence-corrected chi connectivity index (χ0v) is 22.0. The normalized spacial score (nSPS) is 10.5. The lowest BCUT2D eigenvalue weighted by Gasteiger charge is -2.03. The van der Waals surface area contributed by atoms with Gasteiger partial charge in [0.1, 0.15) is 5.82 Å². The van der Waals surface area contributed by atoms with E-state index < -0.39 is 0 Å². The van der Waals surface area contributed by atoms with E-state index in [0.717, 1.165) is 41.3 Å². The maximum absolute atomic E-state index is 15.2. The van der Waals surface area contributed by atoms with Crippen LogP contribution in [0, 0.1) is 29.5 Å². The summed E-state index contributed by atoms with van der Waals surface area (Å²) >= 11 is 0. The molecule has 0 atom stereocenters. The standard InChI is InChI=1S/C36H35F/c1-3-5-6-7-8-10-29-13-17-30(18-14-29)19-20-32-22-26-35-34(27-32)25-24-33(36(35)37)23-21-31-15-11-28(9-4-2)12-16-31/h11-18,22,24-27H,3-10H2,1-2H3. The van der Waals surface area contributed by atoms with Gasteiger partial charge in [-0.15, -0.1) is 0 Å². The Morgan fingerprint density at radius 2 is 1.14 bits per heavy atom. The van der Waals surface area contributed by atoms with Gasteiger partial charge in [0.15, 0.2) is 0 Å². The van der Waals surface area contributed by atoms with E-state index in [1.54, 1.807) is 12.1 Å². The molecular weight excluding hydrogens is 451 g/mol. The number of aryl methyl sites for hydroxylation is 2. The minimum Gasteiger partial charge on any atom is -0.205 e. The van der Waals surface area contributed by atoms with E-state index in [2.05, 4.69) is 73.9 Å². The summed E-state index contributed by atoms with van der Waals surface area (Å²) in [6.45, 7) is 4.41. The average Bonchev–Trinajstić information content (AvgIpc) is 2.93. The quantitative estimate of drug-likeness (QED) is 0.172. The van der Waals surface area contributed by atoms with E-state index in [-0.39, 0.29) is 5.82 Å². The van der Waals surface area contributed by atoms with Crippen LogP contribution in [0.2, 0.25) is 0 Å². The molecule has 0 aliphatic rings. The van der Waals surface area contributed by atoms with Crippen LogP contribution in [0.5, 0.6) is 0 Å². The van der Waals surface area contributed by atoms with Crippen LogP contribution < -0.4 is 0 Å². The highest BCUT2D eigenvalue weighted by Gasteiger charge is 2.06. The van der Waals surface area contributed by atoms with Gasteiger partial charge in [-0.3, -0.25) is 0 Å². The fraction of sp³-hybridized carbons (Fsp3) is 0.278. The van der Waals surface area contributed by atoms with Crippen molar-refractivity contribution in [3.05, 3.63) is 118 Å². The van der Waals surface area contributed by atoms with Crippen molar-refractivity contribution in [2.45, 2.75) is 65.2 Å². The third-order valence-corrected chi connectivity index (χ3v) is 6.66. The molecule has 0 nitrogen and oxygen atoms in total. The summed E-state index contributed by atoms with van der Waals surface area (Å²) in [6, 6.07) is 26.1. The molecule has 4 rings (SSSR count). The molecule has 4 aromatic carbocycles. The van der Waals surface area contributed by atoms with Gasteiger partial charge in [-0.25, -0.2) is 4.39 Å². The molecule has 37 heavy (non-hydrogen) atoms. The van der Waals surface area contributed by atoms with Crippen molar-refractivity contribution in [2.75, 3.05) is 0 Å². The highest BCUT2D eigenvalue weighted by molar-refractivity contribution is 5.86. The molecule has 1 heteroatoms. The molecule has 186 valence electrons. The first-order valence-electron chi connectivity index (χ1n) is 13.6. The van der Waals surface area contributed by atoms with Crippen LogP contribution in [0.3, 0.4) is 0 Å². The molecule has 0 bridgehead atoms. The third kappa shape index (κ3) is 7.59. The molecule has 0 aliphatic carbocycles. The molecule has 0 radical (unpaired) electrons. The average molecular weight is 487 g/mol. The largest absolute Gasteiger partial charge is 0.205 e. The predicted molar refractivity (Wildman–Crippen MR) is 155 cm³/mol. The van der Waals surface area contributed by atoms with Crippen molar-refractivity contribution >= 4 is 10.8 Å². The smallest absolute Gasteiger partial charge is 0.146 e. The van der Waals surface area contributed by atoms with Crippen LogP contribution in [0.1, 0.15) is 85.8 Å². The molecule has 0 N–H and O–H groups in total. The summed E-state index contributed by atoms with van der Waals surface area (Å²) in [4.78, 5) is 0. The van der Waals surface area contributed by atoms with Crippen LogP contribution in [0.15, 0.2) is 78.9 Å². The summed E-state index contributed by atoms with van der Waals surface area (Å²) in [6.07, 6.45) is 9.81. The number of hydrogen-bond donors (Lipinski definition) is 0. The molecule has 0 saturated heterocycles. The highest BCUT2D eigenvalue weighted by Crippen LogP contribution is 2.22. The number of hydrogen-bond acceptors (Lipinski definition) is 0. The second kappa shape index (κ2) is 13.5. The number of halogens is 1. The molecule has 0 spiro atoms. The van der Waals surface area contributed by atoms with Crippen LogP contribution in [-0.4, -0.2) is 0 Å². The third-order valence-electron chi connectivity index (χ3n) is 6.66. The minimum atomic E-state index is -0.280. The van der Waals surface area contributed by atoms with Gasteiger partial charge < -0.3 is 0 Å². The minimum absolute atomic E-state index is 0.280. The monoisotopic (exact) mass is 486 g/mol. The molecule has 0 amide bonds. The van der Waals surface area contributed by atoms with Crippen molar-refractivity contribution in [2.24, 2.45) is 0 Å². The van der Waals surface area contributed by atoms with Crippen LogP contribution in [0.25, 0.3) is 10.8 Å². The van der Waals surface area contributed by atoms with Gasteiger partial charge in [-0.05, 0) is 78.2 Å². The fourth-order valence-corrected chi connectivity index (χ4v) is 4.48. The molecule has 0 saturated carbocycles. The van der Waals surface area contributed by atoms with Crippen LogP contribution in [0.4, 0.5) is 4.39 Å². The Morgan fingerprint density at radius 1 is 0.541 bits per heavy atom. The second-order valence-electron chi connectivity index (χ2n) is 9.67. The Kier molecular flexibility index (Phi) is 9.57. The van der Waals surface area contributed by atoms with Gasteiger partial charge in [-0.2, -0.15) is 0 Å². The zero-order chi connectivity index (χ0) is 25.9. The summed E-state index contributed by atoms with van der Waals surface area (Å²) in [7, 11) is 0. The Labute approximate surface area is 222 Å². The summed E-state index contributed by atoms with van der Waals surface area (Å²) < 4.78 is 15.2. The molecule has 0 aliphatic heterocycles. The number of benzene rings is 4. The predicted octanol–water partition coefficient (Wildman–Crippen LogP) is 9.24. The second-order valence-corrected chi connectivity index (χ2v) is 9.67. The van der Waals surface area contributed by atoms with Crippen LogP contribution in [-0.2, 0) is 12.8 Å². The van der Waals surface area contributed by atoms with Gasteiger partial charge in [-0.1, -0.05) is 106 Å². The molecule has 0 aromatic heterocycles. The Morgan fingerprint density at radius 3 is 1.81 bits per heavy atom. The van der Waals surface area contributed by atoms with E-state index in [1.165, 1.54) is 43.2 Å². The first kappa shape index (κ1) is 26.3. The summed E-state index contributed by atoms with van der Waals surface area (Å²) in [5.41, 5.74) is 5.84. The lowest BCUT2D eigenvalue weighted by Crippen LogP contribution is -1.88. The van der Waals surface area contributed by atoms with E-state index in [4.69, 9.17) is 0 Å². The van der Waals surface area contributed by atoms with Crippen molar-refractivity contribution in [3.8, 4) is 23.7 Å². The van der Waals surface area contributed by atoms with Gasteiger partial charge in [0, 0.05) is 22.1 Å². The first-order valence-corrected chi connectivity index (χ1v) is 13.6. The number of rotatable bonds is 8. The Hall–Kier alpha value is -3.81. The van der Waals surface area contributed by atoms with Crippen molar-refractivity contribution in [1.82, 2.24) is 0 Å². The van der Waals surface area contributed by atoms with Crippen molar-refractivity contribution < 1.29 is 4.39 Å². The van der Waals surface area contributed by atoms with Gasteiger partial charge >= 0.3 is 0 Å². The SMILES string of the molecule is CCCCCCCc1ccc(C#Cc2ccc3c(F)c(C#Cc4ccc(CCC)cc4)ccc3c2)cc1. The molecule has 0 fully saturated rings. The molecule has 4 aromatic rings. The van der Waals surface area contributed by atoms with Crippen LogP contribution >= 0.6 is 0 Å². The highest BCUT2D eigenvalue weighted by atomic mass is 19.1. The number of fused-ring (bicyclic) bond motifs is 1. The summed E-state index contributed by atoms with van der Waals surface area (Å²) in [5.74, 6) is 12.3. The maximum atomic E-state index is 15.2. The maximum Gasteiger partial charge on any atom is 0.146 e. The zero-order valence-electron chi connectivity index (χ0n) is 22.0. The van der Waals surface area contributed by atoms with E-state index in [9.17, 15) is 0 Å². The molecule has 0 heterocycles. The van der Waals surface area contributed by atoms with E-state index in [0.29, 0.717) is 10.9 Å². The topological polar surface area (TPSA) is 0 Å². The Balaban J connectivity index is 1.43. The van der Waals surface area contributed by atoms with Gasteiger partial charge in [0.05, 0.1) is 5.56 Å². The van der Waals surface area contributed by atoms with E-state index >= 15 is 4.39 Å². The van der Waals surface area contributed by atoms with E-state index in [1.807, 2.05) is 30.3 Å². The Bertz CT molecular complexity index is 1440.